The van der Waals surface area contributed by atoms with Crippen molar-refractivity contribution in [3.05, 3.63) is 15.6 Å². The van der Waals surface area contributed by atoms with E-state index in [9.17, 15) is 0 Å². The number of hydrogen-bond donors (Lipinski definition) is 1. The molecule has 0 aliphatic heterocycles. The first kappa shape index (κ1) is 10.6. The van der Waals surface area contributed by atoms with Crippen molar-refractivity contribution in [1.29, 1.82) is 0 Å². The van der Waals surface area contributed by atoms with Gasteiger partial charge in [-0.2, -0.15) is 0 Å². The maximum absolute atomic E-state index is 5.61. The Labute approximate surface area is 88.2 Å². The Morgan fingerprint density at radius 2 is 2.23 bits per heavy atom. The molecule has 0 fully saturated rings. The first-order chi connectivity index (χ1) is 6.06. The summed E-state index contributed by atoms with van der Waals surface area (Å²) >= 11 is 6.59. The molecule has 1 aromatic heterocycles. The van der Waals surface area contributed by atoms with Crippen LogP contribution < -0.4 is 5.73 Å². The lowest BCUT2D eigenvalue weighted by Crippen LogP contribution is -2.09. The lowest BCUT2D eigenvalue weighted by molar-refractivity contribution is 0.840. The van der Waals surface area contributed by atoms with Crippen molar-refractivity contribution in [3.63, 3.8) is 0 Å². The van der Waals surface area contributed by atoms with E-state index in [1.54, 1.807) is 11.3 Å². The summed E-state index contributed by atoms with van der Waals surface area (Å²) in [5.74, 6) is 0.457. The van der Waals surface area contributed by atoms with Gasteiger partial charge in [0.25, 0.3) is 0 Å². The fourth-order valence-electron chi connectivity index (χ4n) is 1.05. The van der Waals surface area contributed by atoms with Gasteiger partial charge in [-0.25, -0.2) is 4.98 Å². The van der Waals surface area contributed by atoms with Crippen LogP contribution in [0.2, 0.25) is 0 Å². The van der Waals surface area contributed by atoms with E-state index in [0.29, 0.717) is 10.9 Å². The lowest BCUT2D eigenvalue weighted by atomic mass is 10.2. The molecule has 0 radical (unpaired) electrons. The normalized spacial score (nSPS) is 10.8. The van der Waals surface area contributed by atoms with Crippen molar-refractivity contribution >= 4 is 28.5 Å². The molecule has 0 saturated carbocycles. The molecule has 2 N–H and O–H groups in total. The zero-order valence-corrected chi connectivity index (χ0v) is 9.76. The molecular formula is C9H14N2S2. The lowest BCUT2D eigenvalue weighted by Gasteiger charge is -1.95. The van der Waals surface area contributed by atoms with Gasteiger partial charge in [0.15, 0.2) is 0 Å². The Bertz CT molecular complexity index is 315. The van der Waals surface area contributed by atoms with Crippen molar-refractivity contribution in [2.45, 2.75) is 33.1 Å². The van der Waals surface area contributed by atoms with E-state index < -0.39 is 0 Å². The van der Waals surface area contributed by atoms with E-state index in [-0.39, 0.29) is 0 Å². The summed E-state index contributed by atoms with van der Waals surface area (Å²) in [6.45, 7) is 6.32. The van der Waals surface area contributed by atoms with Crippen molar-refractivity contribution in [1.82, 2.24) is 4.98 Å². The number of aryl methyl sites for hydroxylation is 1. The van der Waals surface area contributed by atoms with E-state index in [1.807, 2.05) is 0 Å². The monoisotopic (exact) mass is 214 g/mol. The first-order valence-corrected chi connectivity index (χ1v) is 5.58. The number of rotatable bonds is 3. The maximum Gasteiger partial charge on any atom is 0.116 e. The van der Waals surface area contributed by atoms with Crippen LogP contribution in [0.4, 0.5) is 0 Å². The van der Waals surface area contributed by atoms with E-state index in [0.717, 1.165) is 22.0 Å². The van der Waals surface area contributed by atoms with Crippen LogP contribution in [-0.2, 0) is 6.42 Å². The second-order valence-corrected chi connectivity index (χ2v) is 4.67. The van der Waals surface area contributed by atoms with Crippen molar-refractivity contribution in [2.24, 2.45) is 5.73 Å². The predicted octanol–water partition coefficient (Wildman–Crippen LogP) is 2.46. The minimum atomic E-state index is 0.457. The molecule has 0 aliphatic rings. The topological polar surface area (TPSA) is 38.9 Å². The molecule has 1 rings (SSSR count). The molecule has 1 heterocycles. The average Bonchev–Trinajstić information content (AvgIpc) is 2.47. The smallest absolute Gasteiger partial charge is 0.116 e. The molecule has 1 aromatic rings. The highest BCUT2D eigenvalue weighted by Crippen LogP contribution is 2.25. The number of thiazole rings is 1. The Morgan fingerprint density at radius 1 is 1.62 bits per heavy atom. The van der Waals surface area contributed by atoms with E-state index in [2.05, 4.69) is 25.8 Å². The van der Waals surface area contributed by atoms with Crippen molar-refractivity contribution in [2.75, 3.05) is 0 Å². The van der Waals surface area contributed by atoms with Crippen LogP contribution in [0.5, 0.6) is 0 Å². The molecule has 0 unspecified atom stereocenters. The third-order valence-corrected chi connectivity index (χ3v) is 3.53. The summed E-state index contributed by atoms with van der Waals surface area (Å²) < 4.78 is 0. The molecule has 0 bridgehead atoms. The largest absolute Gasteiger partial charge is 0.389 e. The number of aromatic nitrogens is 1. The summed E-state index contributed by atoms with van der Waals surface area (Å²) in [5, 5.41) is 1.12. The van der Waals surface area contributed by atoms with Crippen LogP contribution in [0.3, 0.4) is 0 Å². The number of hydrogen-bond acceptors (Lipinski definition) is 3. The van der Waals surface area contributed by atoms with Crippen molar-refractivity contribution in [3.8, 4) is 0 Å². The van der Waals surface area contributed by atoms with Crippen LogP contribution in [0, 0.1) is 0 Å². The quantitative estimate of drug-likeness (QED) is 0.786. The van der Waals surface area contributed by atoms with Gasteiger partial charge < -0.3 is 5.73 Å². The minimum absolute atomic E-state index is 0.457. The Balaban J connectivity index is 3.11. The number of nitrogens with zero attached hydrogens (tertiary/aromatic N) is 1. The summed E-state index contributed by atoms with van der Waals surface area (Å²) in [7, 11) is 0. The molecule has 13 heavy (non-hydrogen) atoms. The molecule has 0 aliphatic carbocycles. The molecule has 0 saturated heterocycles. The molecule has 72 valence electrons. The number of thiocarbonyl (C=S) groups is 1. The van der Waals surface area contributed by atoms with Gasteiger partial charge in [0.2, 0.25) is 0 Å². The van der Waals surface area contributed by atoms with Crippen molar-refractivity contribution < 1.29 is 0 Å². The predicted molar refractivity (Wildman–Crippen MR) is 61.5 cm³/mol. The van der Waals surface area contributed by atoms with Gasteiger partial charge in [0, 0.05) is 5.92 Å². The van der Waals surface area contributed by atoms with E-state index in [1.165, 1.54) is 0 Å². The second kappa shape index (κ2) is 4.15. The highest BCUT2D eigenvalue weighted by atomic mass is 32.1. The Kier molecular flexibility index (Phi) is 3.39. The third kappa shape index (κ3) is 2.25. The highest BCUT2D eigenvalue weighted by Gasteiger charge is 2.13. The molecule has 0 spiro atoms. The molecule has 2 nitrogen and oxygen atoms in total. The van der Waals surface area contributed by atoms with E-state index in [4.69, 9.17) is 18.0 Å². The fourth-order valence-corrected chi connectivity index (χ4v) is 2.30. The maximum atomic E-state index is 5.61. The Hall–Kier alpha value is -0.480. The van der Waals surface area contributed by atoms with Gasteiger partial charge in [-0.05, 0) is 6.42 Å². The van der Waals surface area contributed by atoms with Gasteiger partial charge in [-0.3, -0.25) is 0 Å². The van der Waals surface area contributed by atoms with Crippen LogP contribution >= 0.6 is 23.6 Å². The van der Waals surface area contributed by atoms with Gasteiger partial charge in [-0.15, -0.1) is 11.3 Å². The van der Waals surface area contributed by atoms with Crippen LogP contribution in [0.1, 0.15) is 42.3 Å². The van der Waals surface area contributed by atoms with Crippen LogP contribution in [-0.4, -0.2) is 9.97 Å². The number of nitrogens with two attached hydrogens (primary N) is 1. The first-order valence-electron chi connectivity index (χ1n) is 4.35. The molecular weight excluding hydrogens is 200 g/mol. The van der Waals surface area contributed by atoms with Gasteiger partial charge in [-0.1, -0.05) is 33.0 Å². The zero-order chi connectivity index (χ0) is 10.0. The second-order valence-electron chi connectivity index (χ2n) is 3.20. The fraction of sp³-hybridized carbons (Fsp3) is 0.556. The summed E-state index contributed by atoms with van der Waals surface area (Å²) in [5.41, 5.74) is 6.65. The van der Waals surface area contributed by atoms with Gasteiger partial charge in [0.1, 0.15) is 4.99 Å². The average molecular weight is 214 g/mol. The third-order valence-electron chi connectivity index (χ3n) is 1.77. The van der Waals surface area contributed by atoms with Crippen LogP contribution in [0.25, 0.3) is 0 Å². The summed E-state index contributed by atoms with van der Waals surface area (Å²) in [6.07, 6.45) is 0.899. The molecule has 4 heteroatoms. The van der Waals surface area contributed by atoms with Gasteiger partial charge in [0.05, 0.1) is 15.6 Å². The SMILES string of the molecule is CCc1nc(C(C)C)sc1C(N)=S. The Morgan fingerprint density at radius 3 is 2.54 bits per heavy atom. The standard InChI is InChI=1S/C9H14N2S2/c1-4-6-7(8(10)12)13-9(11-6)5(2)3/h5H,4H2,1-3H3,(H2,10,12). The molecule has 0 atom stereocenters. The van der Waals surface area contributed by atoms with E-state index >= 15 is 0 Å². The van der Waals surface area contributed by atoms with Gasteiger partial charge >= 0.3 is 0 Å². The highest BCUT2D eigenvalue weighted by molar-refractivity contribution is 7.81. The summed E-state index contributed by atoms with van der Waals surface area (Å²) in [6, 6.07) is 0. The van der Waals surface area contributed by atoms with Crippen LogP contribution in [0.15, 0.2) is 0 Å². The molecule has 0 amide bonds. The zero-order valence-electron chi connectivity index (χ0n) is 8.13. The molecule has 0 aromatic carbocycles. The minimum Gasteiger partial charge on any atom is -0.389 e. The summed E-state index contributed by atoms with van der Waals surface area (Å²) in [4.78, 5) is 5.96.